The number of H-pyrrole nitrogens is 2. The van der Waals surface area contributed by atoms with E-state index in [0.717, 1.165) is 24.8 Å². The highest BCUT2D eigenvalue weighted by Gasteiger charge is 2.43. The van der Waals surface area contributed by atoms with Crippen molar-refractivity contribution in [1.29, 1.82) is 0 Å². The molecule has 4 heterocycles. The Labute approximate surface area is 487 Å². The Balaban J connectivity index is 1.15. The Hall–Kier alpha value is -8.59. The van der Waals surface area contributed by atoms with Crippen molar-refractivity contribution < 1.29 is 83.1 Å². The zero-order chi connectivity index (χ0) is 62.8. The monoisotopic (exact) mass is 1200 g/mol. The highest BCUT2D eigenvalue weighted by Crippen LogP contribution is 2.25. The van der Waals surface area contributed by atoms with Gasteiger partial charge in [0.25, 0.3) is 0 Å². The summed E-state index contributed by atoms with van der Waals surface area (Å²) >= 11 is 0. The van der Waals surface area contributed by atoms with Gasteiger partial charge in [0.2, 0.25) is 65.0 Å². The number of rotatable bonds is 30. The van der Waals surface area contributed by atoms with Gasteiger partial charge < -0.3 is 98.9 Å². The van der Waals surface area contributed by atoms with Crippen LogP contribution < -0.4 is 53.6 Å². The maximum Gasteiger partial charge on any atom is 0.326 e. The maximum absolute atomic E-state index is 14.2. The van der Waals surface area contributed by atoms with Gasteiger partial charge in [0, 0.05) is 54.9 Å². The number of imidazole rings is 1. The lowest BCUT2D eigenvalue weighted by molar-refractivity contribution is -0.150. The molecule has 18 N–H and O–H groups in total. The third-order valence-electron chi connectivity index (χ3n) is 14.3. The maximum atomic E-state index is 14.2. The number of aromatic amines is 2. The molecule has 12 atom stereocenters. The van der Waals surface area contributed by atoms with Crippen LogP contribution in [-0.2, 0) is 70.4 Å². The van der Waals surface area contributed by atoms with Crippen molar-refractivity contribution in [3.05, 3.63) is 54.2 Å². The molecule has 32 nitrogen and oxygen atoms in total. The number of aromatic nitrogens is 3. The molecule has 2 saturated heterocycles. The first-order valence-corrected chi connectivity index (χ1v) is 27.6. The van der Waals surface area contributed by atoms with E-state index in [1.165, 1.54) is 29.2 Å². The number of amides is 11. The van der Waals surface area contributed by atoms with E-state index >= 15 is 0 Å². The minimum absolute atomic E-state index is 0.00435. The molecular formula is C53H77N15O17. The largest absolute Gasteiger partial charge is 0.480 e. The van der Waals surface area contributed by atoms with Crippen LogP contribution in [0.5, 0.6) is 0 Å². The Morgan fingerprint density at radius 3 is 1.80 bits per heavy atom. The minimum Gasteiger partial charge on any atom is -0.480 e. The lowest BCUT2D eigenvalue weighted by Gasteiger charge is -2.32. The summed E-state index contributed by atoms with van der Waals surface area (Å²) in [6, 6.07) is -6.76. The average molecular weight is 1200 g/mol. The van der Waals surface area contributed by atoms with Crippen LogP contribution in [0.4, 0.5) is 0 Å². The minimum atomic E-state index is -1.88. The van der Waals surface area contributed by atoms with E-state index in [1.807, 2.05) is 24.3 Å². The molecule has 11 amide bonds. The van der Waals surface area contributed by atoms with E-state index in [-0.39, 0.29) is 38.8 Å². The number of aliphatic carboxylic acids is 1. The molecule has 0 saturated carbocycles. The molecular weight excluding hydrogens is 1120 g/mol. The fourth-order valence-electron chi connectivity index (χ4n) is 9.60. The zero-order valence-corrected chi connectivity index (χ0v) is 47.6. The van der Waals surface area contributed by atoms with Gasteiger partial charge in [-0.05, 0) is 64.0 Å². The van der Waals surface area contributed by atoms with Crippen molar-refractivity contribution in [3.8, 4) is 0 Å². The van der Waals surface area contributed by atoms with Crippen molar-refractivity contribution in [3.63, 3.8) is 0 Å². The molecule has 5 rings (SSSR count). The standard InChI is InChI=1S/C53H77N15O17/c1-25(2)41(52(83)67-14-8-12-37(67)48(79)62-35(51(82)68-15-9-13-38(68)53(84)85)16-29-18-56-33-11-7-6-10-31(29)33)64-39(73)21-58-49(80)42(27(4)71)66-47(78)36(23-70)63-50(81)43(28(5)72)65-40(74)20-57-46(77)34(17-30-19-55-24-59-30)61-44(75)26(3)60-45(76)32(54)22-69/h6-7,10-11,18-19,24-28,32,34-38,41-43,56,69-72H,8-9,12-17,20-23,54H2,1-5H3,(H,55,59)(H,57,77)(H,58,80)(H,60,76)(H,61,75)(H,62,79)(H,63,81)(H,64,73)(H,65,74)(H,66,78)(H,84,85)/t26-,27+,28+,32-,34-,35-,36-,37-,38-,41-,42-,43-/m0/s1. The summed E-state index contributed by atoms with van der Waals surface area (Å²) in [6.07, 6.45) is 2.14. The van der Waals surface area contributed by atoms with Gasteiger partial charge >= 0.3 is 5.97 Å². The summed E-state index contributed by atoms with van der Waals surface area (Å²) < 4.78 is 0. The van der Waals surface area contributed by atoms with E-state index in [9.17, 15) is 78.0 Å². The van der Waals surface area contributed by atoms with Gasteiger partial charge in [-0.25, -0.2) is 9.78 Å². The molecule has 2 fully saturated rings. The van der Waals surface area contributed by atoms with Crippen LogP contribution in [0.25, 0.3) is 10.9 Å². The Kier molecular flexibility index (Phi) is 24.8. The van der Waals surface area contributed by atoms with E-state index in [0.29, 0.717) is 24.1 Å². The van der Waals surface area contributed by atoms with Gasteiger partial charge in [-0.3, -0.25) is 52.7 Å². The van der Waals surface area contributed by atoms with E-state index in [1.54, 1.807) is 20.0 Å². The van der Waals surface area contributed by atoms with Crippen LogP contribution in [-0.4, -0.2) is 233 Å². The summed E-state index contributed by atoms with van der Waals surface area (Å²) in [6.45, 7) is 3.56. The Morgan fingerprint density at radius 2 is 1.21 bits per heavy atom. The number of carboxylic acid groups (broad SMARTS) is 1. The SMILES string of the molecule is CC(C)[C@H](NC(=O)CNC(=O)[C@@H](NC(=O)[C@H](CO)NC(=O)[C@@H](NC(=O)CNC(=O)[C@H](Cc1cnc[nH]1)NC(=O)[C@H](C)NC(=O)[C@@H](N)CO)[C@@H](C)O)[C@@H](C)O)C(=O)N1CCC[C@H]1C(=O)N[C@@H](Cc1c[nH]c2ccccc12)C(=O)N1CCC[C@H]1C(=O)O. The van der Waals surface area contributed by atoms with Crippen molar-refractivity contribution in [1.82, 2.24) is 72.6 Å². The third-order valence-corrected chi connectivity index (χ3v) is 14.3. The zero-order valence-electron chi connectivity index (χ0n) is 47.6. The first-order chi connectivity index (χ1) is 40.3. The van der Waals surface area contributed by atoms with Gasteiger partial charge in [0.15, 0.2) is 0 Å². The van der Waals surface area contributed by atoms with Crippen LogP contribution in [0.3, 0.4) is 0 Å². The molecule has 3 aromatic rings. The number of hydrogen-bond donors (Lipinski definition) is 17. The summed E-state index contributed by atoms with van der Waals surface area (Å²) in [7, 11) is 0. The number of nitrogens with two attached hydrogens (primary N) is 1. The van der Waals surface area contributed by atoms with Gasteiger partial charge in [-0.1, -0.05) is 32.0 Å². The second-order valence-electron chi connectivity index (χ2n) is 21.2. The number of aliphatic hydroxyl groups excluding tert-OH is 4. The van der Waals surface area contributed by atoms with Crippen LogP contribution in [0.15, 0.2) is 43.0 Å². The highest BCUT2D eigenvalue weighted by atomic mass is 16.4. The quantitative estimate of drug-likeness (QED) is 0.0295. The van der Waals surface area contributed by atoms with E-state index in [4.69, 9.17) is 10.8 Å². The fraction of sp³-hybridized carbons (Fsp3) is 0.566. The molecule has 0 radical (unpaired) electrons. The second kappa shape index (κ2) is 31.3. The number of carbonyl (C=O) groups is 12. The number of carbonyl (C=O) groups excluding carboxylic acids is 11. The normalized spacial score (nSPS) is 18.4. The molecule has 85 heavy (non-hydrogen) atoms. The third kappa shape index (κ3) is 18.5. The average Bonchev–Trinajstić information content (AvgIpc) is 4.43. The Morgan fingerprint density at radius 1 is 0.624 bits per heavy atom. The molecule has 466 valence electrons. The van der Waals surface area contributed by atoms with Crippen molar-refractivity contribution >= 4 is 81.9 Å². The first-order valence-electron chi connectivity index (χ1n) is 27.6. The number of fused-ring (bicyclic) bond motifs is 1. The Bertz CT molecular complexity index is 2880. The lowest BCUT2D eigenvalue weighted by atomic mass is 10.0. The number of likely N-dealkylation sites (tertiary alicyclic amines) is 2. The number of carboxylic acids is 1. The molecule has 0 bridgehead atoms. The molecule has 2 aliphatic heterocycles. The summed E-state index contributed by atoms with van der Waals surface area (Å²) in [5, 5.41) is 72.1. The molecule has 0 aliphatic carbocycles. The van der Waals surface area contributed by atoms with Crippen LogP contribution >= 0.6 is 0 Å². The molecule has 32 heteroatoms. The van der Waals surface area contributed by atoms with Crippen molar-refractivity contribution in [2.45, 2.75) is 146 Å². The van der Waals surface area contributed by atoms with Gasteiger partial charge in [0.05, 0.1) is 44.8 Å². The van der Waals surface area contributed by atoms with Crippen LogP contribution in [0.1, 0.15) is 71.6 Å². The van der Waals surface area contributed by atoms with Gasteiger partial charge in [0.1, 0.15) is 60.4 Å². The second-order valence-corrected chi connectivity index (χ2v) is 21.2. The number of benzene rings is 1. The van der Waals surface area contributed by atoms with Gasteiger partial charge in [-0.15, -0.1) is 0 Å². The van der Waals surface area contributed by atoms with Crippen molar-refractivity contribution in [2.24, 2.45) is 11.7 Å². The molecule has 2 aromatic heterocycles. The lowest BCUT2D eigenvalue weighted by Crippen LogP contribution is -2.62. The summed E-state index contributed by atoms with van der Waals surface area (Å²) in [5.74, 6) is -11.8. The molecule has 0 unspecified atom stereocenters. The number of aliphatic hydroxyl groups is 4. The number of nitrogens with zero attached hydrogens (tertiary/aromatic N) is 3. The van der Waals surface area contributed by atoms with Crippen molar-refractivity contribution in [2.75, 3.05) is 39.4 Å². The summed E-state index contributed by atoms with van der Waals surface area (Å²) in [4.78, 5) is 172. The van der Waals surface area contributed by atoms with E-state index in [2.05, 4.69) is 62.8 Å². The smallest absolute Gasteiger partial charge is 0.326 e. The molecule has 0 spiro atoms. The van der Waals surface area contributed by atoms with E-state index < -0.39 is 176 Å². The number of nitrogens with one attached hydrogen (secondary N) is 11. The predicted octanol–water partition coefficient (Wildman–Crippen LogP) is -6.88. The number of para-hydroxylation sites is 1. The summed E-state index contributed by atoms with van der Waals surface area (Å²) in [5.41, 5.74) is 7.34. The van der Waals surface area contributed by atoms with Crippen LogP contribution in [0.2, 0.25) is 0 Å². The highest BCUT2D eigenvalue weighted by molar-refractivity contribution is 5.99. The number of hydrogen-bond acceptors (Lipinski definition) is 18. The fourth-order valence-corrected chi connectivity index (χ4v) is 9.60. The molecule has 1 aromatic carbocycles. The predicted molar refractivity (Wildman–Crippen MR) is 297 cm³/mol. The first kappa shape index (κ1) is 67.2. The van der Waals surface area contributed by atoms with Gasteiger partial charge in [-0.2, -0.15) is 0 Å². The molecule has 2 aliphatic rings. The topological polar surface area (TPSA) is 491 Å². The van der Waals surface area contributed by atoms with Crippen LogP contribution in [0, 0.1) is 5.92 Å².